The van der Waals surface area contributed by atoms with E-state index in [0.717, 1.165) is 42.9 Å². The van der Waals surface area contributed by atoms with Crippen molar-refractivity contribution in [2.45, 2.75) is 25.9 Å². The molecule has 0 saturated heterocycles. The van der Waals surface area contributed by atoms with E-state index in [1.54, 1.807) is 12.1 Å². The molecule has 0 saturated carbocycles. The number of fused-ring (bicyclic) bond motifs is 1. The Balaban J connectivity index is 1.38. The maximum absolute atomic E-state index is 12.3. The SMILES string of the molecule is O=C(Cc1ccc(Cl)cc1)Nc1n[nH]c2c1CCN(Cc1ccccc1)C2. The molecule has 1 aromatic heterocycles. The number of amides is 1. The lowest BCUT2D eigenvalue weighted by Crippen LogP contribution is -2.30. The lowest BCUT2D eigenvalue weighted by molar-refractivity contribution is -0.115. The molecular formula is C21H21ClN4O. The van der Waals surface area contributed by atoms with Crippen molar-refractivity contribution in [2.75, 3.05) is 11.9 Å². The Morgan fingerprint density at radius 2 is 1.89 bits per heavy atom. The molecule has 1 aliphatic heterocycles. The van der Waals surface area contributed by atoms with E-state index in [2.05, 4.69) is 44.7 Å². The quantitative estimate of drug-likeness (QED) is 0.707. The number of anilines is 1. The smallest absolute Gasteiger partial charge is 0.230 e. The second kappa shape index (κ2) is 7.94. The van der Waals surface area contributed by atoms with E-state index in [0.29, 0.717) is 17.3 Å². The van der Waals surface area contributed by atoms with Gasteiger partial charge in [-0.05, 0) is 29.7 Å². The largest absolute Gasteiger partial charge is 0.309 e. The van der Waals surface area contributed by atoms with Gasteiger partial charge in [-0.2, -0.15) is 5.10 Å². The molecule has 4 rings (SSSR count). The zero-order chi connectivity index (χ0) is 18.6. The van der Waals surface area contributed by atoms with Crippen LogP contribution in [0.5, 0.6) is 0 Å². The number of hydrogen-bond donors (Lipinski definition) is 2. The van der Waals surface area contributed by atoms with E-state index in [1.165, 1.54) is 5.56 Å². The first-order valence-electron chi connectivity index (χ1n) is 9.04. The Kier molecular flexibility index (Phi) is 5.23. The van der Waals surface area contributed by atoms with Crippen LogP contribution in [0.2, 0.25) is 5.02 Å². The number of nitrogens with one attached hydrogen (secondary N) is 2. The molecule has 2 N–H and O–H groups in total. The zero-order valence-corrected chi connectivity index (χ0v) is 15.7. The molecule has 0 fully saturated rings. The molecule has 0 unspecified atom stereocenters. The summed E-state index contributed by atoms with van der Waals surface area (Å²) in [7, 11) is 0. The molecule has 0 bridgehead atoms. The Labute approximate surface area is 163 Å². The van der Waals surface area contributed by atoms with Gasteiger partial charge in [-0.3, -0.25) is 14.8 Å². The Morgan fingerprint density at radius 3 is 2.67 bits per heavy atom. The van der Waals surface area contributed by atoms with Crippen LogP contribution >= 0.6 is 11.6 Å². The van der Waals surface area contributed by atoms with E-state index in [-0.39, 0.29) is 5.91 Å². The topological polar surface area (TPSA) is 61.0 Å². The fourth-order valence-electron chi connectivity index (χ4n) is 3.42. The van der Waals surface area contributed by atoms with Crippen LogP contribution in [0.3, 0.4) is 0 Å². The van der Waals surface area contributed by atoms with E-state index in [1.807, 2.05) is 18.2 Å². The lowest BCUT2D eigenvalue weighted by atomic mass is 10.1. The minimum absolute atomic E-state index is 0.0710. The number of rotatable bonds is 5. The maximum atomic E-state index is 12.3. The van der Waals surface area contributed by atoms with Gasteiger partial charge in [0.1, 0.15) is 0 Å². The number of carbonyl (C=O) groups is 1. The molecule has 1 amide bonds. The summed E-state index contributed by atoms with van der Waals surface area (Å²) in [5, 5.41) is 11.0. The van der Waals surface area contributed by atoms with Gasteiger partial charge in [0.05, 0.1) is 12.1 Å². The molecule has 6 heteroatoms. The minimum Gasteiger partial charge on any atom is -0.309 e. The van der Waals surface area contributed by atoms with Crippen molar-refractivity contribution in [2.24, 2.45) is 0 Å². The van der Waals surface area contributed by atoms with Gasteiger partial charge in [0.15, 0.2) is 5.82 Å². The van der Waals surface area contributed by atoms with Crippen molar-refractivity contribution in [1.82, 2.24) is 15.1 Å². The summed E-state index contributed by atoms with van der Waals surface area (Å²) in [5.41, 5.74) is 4.43. The third-order valence-corrected chi connectivity index (χ3v) is 5.05. The van der Waals surface area contributed by atoms with Crippen LogP contribution in [0, 0.1) is 0 Å². The molecule has 0 aliphatic carbocycles. The van der Waals surface area contributed by atoms with Crippen LogP contribution in [0.1, 0.15) is 22.4 Å². The number of aromatic nitrogens is 2. The summed E-state index contributed by atoms with van der Waals surface area (Å²) in [5.74, 6) is 0.585. The molecule has 2 heterocycles. The third kappa shape index (κ3) is 4.38. The van der Waals surface area contributed by atoms with Gasteiger partial charge in [-0.15, -0.1) is 0 Å². The zero-order valence-electron chi connectivity index (χ0n) is 14.9. The third-order valence-electron chi connectivity index (χ3n) is 4.80. The molecule has 0 spiro atoms. The van der Waals surface area contributed by atoms with E-state index >= 15 is 0 Å². The number of halogens is 1. The van der Waals surface area contributed by atoms with Crippen molar-refractivity contribution in [3.05, 3.63) is 82.0 Å². The van der Waals surface area contributed by atoms with Gasteiger partial charge >= 0.3 is 0 Å². The number of H-pyrrole nitrogens is 1. The summed E-state index contributed by atoms with van der Waals surface area (Å²) >= 11 is 5.89. The highest BCUT2D eigenvalue weighted by molar-refractivity contribution is 6.30. The van der Waals surface area contributed by atoms with Crippen molar-refractivity contribution in [3.63, 3.8) is 0 Å². The summed E-state index contributed by atoms with van der Waals surface area (Å²) in [6.07, 6.45) is 1.17. The normalized spacial score (nSPS) is 14.0. The predicted octanol–water partition coefficient (Wildman–Crippen LogP) is 3.80. The van der Waals surface area contributed by atoms with Crippen molar-refractivity contribution >= 4 is 23.3 Å². The van der Waals surface area contributed by atoms with Crippen LogP contribution in [-0.2, 0) is 30.7 Å². The highest BCUT2D eigenvalue weighted by Gasteiger charge is 2.22. The molecule has 0 atom stereocenters. The maximum Gasteiger partial charge on any atom is 0.230 e. The summed E-state index contributed by atoms with van der Waals surface area (Å²) in [6.45, 7) is 2.67. The Bertz CT molecular complexity index is 921. The number of benzene rings is 2. The van der Waals surface area contributed by atoms with E-state index in [9.17, 15) is 4.79 Å². The Morgan fingerprint density at radius 1 is 1.11 bits per heavy atom. The number of aromatic amines is 1. The molecule has 1 aliphatic rings. The molecule has 3 aromatic rings. The van der Waals surface area contributed by atoms with Crippen molar-refractivity contribution in [3.8, 4) is 0 Å². The van der Waals surface area contributed by atoms with Crippen molar-refractivity contribution < 1.29 is 4.79 Å². The molecule has 5 nitrogen and oxygen atoms in total. The molecule has 0 radical (unpaired) electrons. The number of nitrogens with zero attached hydrogens (tertiary/aromatic N) is 2. The van der Waals surface area contributed by atoms with Crippen LogP contribution in [0.4, 0.5) is 5.82 Å². The second-order valence-corrected chi connectivity index (χ2v) is 7.26. The fourth-order valence-corrected chi connectivity index (χ4v) is 3.54. The lowest BCUT2D eigenvalue weighted by Gasteiger charge is -2.26. The second-order valence-electron chi connectivity index (χ2n) is 6.83. The number of carbonyl (C=O) groups excluding carboxylic acids is 1. The number of hydrogen-bond acceptors (Lipinski definition) is 3. The highest BCUT2D eigenvalue weighted by atomic mass is 35.5. The summed E-state index contributed by atoms with van der Waals surface area (Å²) in [4.78, 5) is 14.7. The average Bonchev–Trinajstić information content (AvgIpc) is 3.06. The molecule has 138 valence electrons. The summed E-state index contributed by atoms with van der Waals surface area (Å²) in [6, 6.07) is 17.8. The van der Waals surface area contributed by atoms with Crippen LogP contribution in [0.25, 0.3) is 0 Å². The van der Waals surface area contributed by atoms with E-state index < -0.39 is 0 Å². The molecule has 2 aromatic carbocycles. The van der Waals surface area contributed by atoms with Crippen molar-refractivity contribution in [1.29, 1.82) is 0 Å². The molecular weight excluding hydrogens is 360 g/mol. The summed E-state index contributed by atoms with van der Waals surface area (Å²) < 4.78 is 0. The first-order valence-corrected chi connectivity index (χ1v) is 9.42. The van der Waals surface area contributed by atoms with Gasteiger partial charge in [-0.1, -0.05) is 54.1 Å². The highest BCUT2D eigenvalue weighted by Crippen LogP contribution is 2.25. The first-order chi connectivity index (χ1) is 13.2. The van der Waals surface area contributed by atoms with Crippen LogP contribution in [0.15, 0.2) is 54.6 Å². The van der Waals surface area contributed by atoms with Gasteiger partial charge in [0.2, 0.25) is 5.91 Å². The Hall–Kier alpha value is -2.63. The van der Waals surface area contributed by atoms with Gasteiger partial charge in [0, 0.05) is 30.2 Å². The van der Waals surface area contributed by atoms with Gasteiger partial charge < -0.3 is 5.32 Å². The predicted molar refractivity (Wildman–Crippen MR) is 107 cm³/mol. The van der Waals surface area contributed by atoms with Gasteiger partial charge in [-0.25, -0.2) is 0 Å². The van der Waals surface area contributed by atoms with Crippen LogP contribution in [-0.4, -0.2) is 27.5 Å². The standard InChI is InChI=1S/C21H21ClN4O/c22-17-8-6-15(7-9-17)12-20(27)23-21-18-10-11-26(14-19(18)24-25-21)13-16-4-2-1-3-5-16/h1-9H,10-14H2,(H2,23,24,25,27). The first kappa shape index (κ1) is 17.8. The fraction of sp³-hybridized carbons (Fsp3) is 0.238. The van der Waals surface area contributed by atoms with E-state index in [4.69, 9.17) is 11.6 Å². The molecule has 27 heavy (non-hydrogen) atoms. The monoisotopic (exact) mass is 380 g/mol. The van der Waals surface area contributed by atoms with Crippen LogP contribution < -0.4 is 5.32 Å². The van der Waals surface area contributed by atoms with Gasteiger partial charge in [0.25, 0.3) is 0 Å². The minimum atomic E-state index is -0.0710. The average molecular weight is 381 g/mol.